The molecule has 4 heteroatoms. The van der Waals surface area contributed by atoms with Crippen LogP contribution in [-0.4, -0.2) is 23.2 Å². The lowest BCUT2D eigenvalue weighted by atomic mass is 9.78. The Balaban J connectivity index is 1.54. The van der Waals surface area contributed by atoms with Crippen molar-refractivity contribution in [2.75, 3.05) is 7.11 Å². The van der Waals surface area contributed by atoms with Crippen LogP contribution in [0.5, 0.6) is 5.75 Å². The molecule has 1 aromatic heterocycles. The highest BCUT2D eigenvalue weighted by Crippen LogP contribution is 2.36. The minimum Gasteiger partial charge on any atom is -0.496 e. The Bertz CT molecular complexity index is 665. The van der Waals surface area contributed by atoms with Gasteiger partial charge in [-0.15, -0.1) is 0 Å². The maximum atomic E-state index is 10.9. The summed E-state index contributed by atoms with van der Waals surface area (Å²) in [5.74, 6) is 0.934. The van der Waals surface area contributed by atoms with E-state index < -0.39 is 5.60 Å². The second kappa shape index (κ2) is 7.32. The van der Waals surface area contributed by atoms with Gasteiger partial charge in [0.15, 0.2) is 0 Å². The van der Waals surface area contributed by atoms with Crippen molar-refractivity contribution >= 4 is 0 Å². The van der Waals surface area contributed by atoms with Crippen molar-refractivity contribution in [2.24, 2.45) is 0 Å². The lowest BCUT2D eigenvalue weighted by molar-refractivity contribution is -0.00875. The Hall–Kier alpha value is -1.91. The number of nitrogens with zero attached hydrogens (tertiary/aromatic N) is 1. The molecule has 24 heavy (non-hydrogen) atoms. The molecule has 0 saturated heterocycles. The number of aryl methyl sites for hydroxylation is 1. The molecule has 0 spiro atoms. The maximum Gasteiger partial charge on any atom is 0.122 e. The summed E-state index contributed by atoms with van der Waals surface area (Å²) in [5.41, 5.74) is 2.59. The van der Waals surface area contributed by atoms with Crippen molar-refractivity contribution in [3.8, 4) is 5.75 Å². The quantitative estimate of drug-likeness (QED) is 0.885. The van der Waals surface area contributed by atoms with Gasteiger partial charge in [-0.1, -0.05) is 18.2 Å². The number of nitrogens with one attached hydrogen (secondary N) is 1. The molecule has 0 aliphatic heterocycles. The zero-order valence-electron chi connectivity index (χ0n) is 14.5. The van der Waals surface area contributed by atoms with Crippen molar-refractivity contribution in [2.45, 2.75) is 50.8 Å². The molecule has 2 aromatic rings. The zero-order chi connectivity index (χ0) is 17.0. The SMILES string of the molecule is COc1cc(CNC2CCC(O)(c3cccnc3)CC2)ccc1C. The standard InChI is InChI=1S/C20H26N2O2/c1-15-5-6-16(12-19(15)24-2)13-22-18-7-9-20(23,10-8-18)17-4-3-11-21-14-17/h3-6,11-12,14,18,22-23H,7-10,13H2,1-2H3. The van der Waals surface area contributed by atoms with Crippen molar-refractivity contribution in [3.05, 3.63) is 59.4 Å². The van der Waals surface area contributed by atoms with Crippen LogP contribution in [-0.2, 0) is 12.1 Å². The summed E-state index contributed by atoms with van der Waals surface area (Å²) in [7, 11) is 1.71. The van der Waals surface area contributed by atoms with E-state index in [1.54, 1.807) is 19.5 Å². The average Bonchev–Trinajstić information content (AvgIpc) is 2.63. The molecule has 0 unspecified atom stereocenters. The van der Waals surface area contributed by atoms with E-state index in [1.165, 1.54) is 5.56 Å². The van der Waals surface area contributed by atoms with E-state index in [9.17, 15) is 5.11 Å². The number of methoxy groups -OCH3 is 1. The molecule has 2 N–H and O–H groups in total. The fourth-order valence-corrected chi connectivity index (χ4v) is 3.46. The van der Waals surface area contributed by atoms with Gasteiger partial charge < -0.3 is 15.2 Å². The van der Waals surface area contributed by atoms with Crippen LogP contribution in [0.1, 0.15) is 42.4 Å². The number of rotatable bonds is 5. The third-order valence-electron chi connectivity index (χ3n) is 5.08. The van der Waals surface area contributed by atoms with E-state index in [-0.39, 0.29) is 0 Å². The van der Waals surface area contributed by atoms with Gasteiger partial charge in [-0.2, -0.15) is 0 Å². The Labute approximate surface area is 143 Å². The Morgan fingerprint density at radius 1 is 1.29 bits per heavy atom. The molecule has 1 aliphatic carbocycles. The highest BCUT2D eigenvalue weighted by atomic mass is 16.5. The van der Waals surface area contributed by atoms with Crippen molar-refractivity contribution < 1.29 is 9.84 Å². The van der Waals surface area contributed by atoms with Crippen LogP contribution in [0.3, 0.4) is 0 Å². The van der Waals surface area contributed by atoms with Gasteiger partial charge in [-0.3, -0.25) is 4.98 Å². The molecule has 4 nitrogen and oxygen atoms in total. The molecule has 0 atom stereocenters. The lowest BCUT2D eigenvalue weighted by Gasteiger charge is -2.36. The minimum atomic E-state index is -0.723. The van der Waals surface area contributed by atoms with Gasteiger partial charge in [-0.05, 0) is 55.9 Å². The number of benzene rings is 1. The minimum absolute atomic E-state index is 0.439. The highest BCUT2D eigenvalue weighted by molar-refractivity contribution is 5.36. The fourth-order valence-electron chi connectivity index (χ4n) is 3.46. The Morgan fingerprint density at radius 3 is 2.75 bits per heavy atom. The van der Waals surface area contributed by atoms with E-state index in [2.05, 4.69) is 35.4 Å². The van der Waals surface area contributed by atoms with Gasteiger partial charge in [0.25, 0.3) is 0 Å². The summed E-state index contributed by atoms with van der Waals surface area (Å²) in [6, 6.07) is 10.6. The summed E-state index contributed by atoms with van der Waals surface area (Å²) >= 11 is 0. The summed E-state index contributed by atoms with van der Waals surface area (Å²) < 4.78 is 5.39. The average molecular weight is 326 g/mol. The van der Waals surface area contributed by atoms with Crippen molar-refractivity contribution in [3.63, 3.8) is 0 Å². The molecule has 0 amide bonds. The number of hydrogen-bond acceptors (Lipinski definition) is 4. The van der Waals surface area contributed by atoms with Crippen LogP contribution in [0.2, 0.25) is 0 Å². The van der Waals surface area contributed by atoms with Gasteiger partial charge in [0, 0.05) is 30.5 Å². The molecule has 1 heterocycles. The summed E-state index contributed by atoms with van der Waals surface area (Å²) in [6.45, 7) is 2.88. The fraction of sp³-hybridized carbons (Fsp3) is 0.450. The summed E-state index contributed by atoms with van der Waals surface area (Å²) in [6.07, 6.45) is 7.01. The van der Waals surface area contributed by atoms with Crippen LogP contribution < -0.4 is 10.1 Å². The molecular weight excluding hydrogens is 300 g/mol. The van der Waals surface area contributed by atoms with Gasteiger partial charge in [0.1, 0.15) is 5.75 Å². The second-order valence-electron chi connectivity index (χ2n) is 6.73. The van der Waals surface area contributed by atoms with Crippen molar-refractivity contribution in [1.82, 2.24) is 10.3 Å². The molecular formula is C20H26N2O2. The van der Waals surface area contributed by atoms with Crippen LogP contribution in [0.15, 0.2) is 42.7 Å². The third kappa shape index (κ3) is 3.77. The first-order valence-corrected chi connectivity index (χ1v) is 8.60. The summed E-state index contributed by atoms with van der Waals surface area (Å²) in [4.78, 5) is 4.14. The lowest BCUT2D eigenvalue weighted by Crippen LogP contribution is -2.39. The molecule has 1 aliphatic rings. The van der Waals surface area contributed by atoms with Crippen LogP contribution in [0, 0.1) is 6.92 Å². The molecule has 1 aromatic carbocycles. The first-order chi connectivity index (χ1) is 11.6. The van der Waals surface area contributed by atoms with Crippen molar-refractivity contribution in [1.29, 1.82) is 0 Å². The highest BCUT2D eigenvalue weighted by Gasteiger charge is 2.34. The van der Waals surface area contributed by atoms with E-state index in [1.807, 2.05) is 12.1 Å². The molecule has 0 bridgehead atoms. The normalized spacial score (nSPS) is 23.9. The van der Waals surface area contributed by atoms with E-state index in [0.29, 0.717) is 6.04 Å². The first kappa shape index (κ1) is 16.9. The van der Waals surface area contributed by atoms with E-state index in [4.69, 9.17) is 4.74 Å². The Morgan fingerprint density at radius 2 is 2.08 bits per heavy atom. The molecule has 128 valence electrons. The predicted octanol–water partition coefficient (Wildman–Crippen LogP) is 3.32. The summed E-state index contributed by atoms with van der Waals surface area (Å²) in [5, 5.41) is 14.5. The van der Waals surface area contributed by atoms with Crippen LogP contribution in [0.25, 0.3) is 0 Å². The van der Waals surface area contributed by atoms with Gasteiger partial charge >= 0.3 is 0 Å². The largest absolute Gasteiger partial charge is 0.496 e. The predicted molar refractivity (Wildman–Crippen MR) is 95.0 cm³/mol. The zero-order valence-corrected chi connectivity index (χ0v) is 14.5. The van der Waals surface area contributed by atoms with Gasteiger partial charge in [-0.25, -0.2) is 0 Å². The van der Waals surface area contributed by atoms with Gasteiger partial charge in [0.2, 0.25) is 0 Å². The van der Waals surface area contributed by atoms with E-state index >= 15 is 0 Å². The molecule has 1 saturated carbocycles. The topological polar surface area (TPSA) is 54.4 Å². The smallest absolute Gasteiger partial charge is 0.122 e. The maximum absolute atomic E-state index is 10.9. The number of ether oxygens (including phenoxy) is 1. The van der Waals surface area contributed by atoms with Crippen LogP contribution in [0.4, 0.5) is 0 Å². The Kier molecular flexibility index (Phi) is 5.17. The van der Waals surface area contributed by atoms with E-state index in [0.717, 1.165) is 49.1 Å². The van der Waals surface area contributed by atoms with Crippen LogP contribution >= 0.6 is 0 Å². The third-order valence-corrected chi connectivity index (χ3v) is 5.08. The number of aromatic nitrogens is 1. The number of hydrogen-bond donors (Lipinski definition) is 2. The first-order valence-electron chi connectivity index (χ1n) is 8.60. The molecule has 0 radical (unpaired) electrons. The second-order valence-corrected chi connectivity index (χ2v) is 6.73. The molecule has 3 rings (SSSR count). The van der Waals surface area contributed by atoms with Gasteiger partial charge in [0.05, 0.1) is 12.7 Å². The monoisotopic (exact) mass is 326 g/mol. The number of aliphatic hydroxyl groups is 1. The number of pyridine rings is 1. The molecule has 1 fully saturated rings.